The smallest absolute Gasteiger partial charge is 0.407 e. The zero-order valence-electron chi connectivity index (χ0n) is 20.7. The van der Waals surface area contributed by atoms with Crippen molar-refractivity contribution in [2.45, 2.75) is 64.8 Å². The second kappa shape index (κ2) is 11.5. The molecule has 1 atom stereocenters. The summed E-state index contributed by atoms with van der Waals surface area (Å²) in [5, 5.41) is 10.7. The van der Waals surface area contributed by atoms with Crippen LogP contribution < -0.4 is 4.74 Å². The van der Waals surface area contributed by atoms with Crippen LogP contribution in [0, 0.1) is 11.8 Å². The van der Waals surface area contributed by atoms with Gasteiger partial charge in [0.2, 0.25) is 0 Å². The van der Waals surface area contributed by atoms with Crippen molar-refractivity contribution in [3.63, 3.8) is 0 Å². The molecule has 4 rings (SSSR count). The number of pyridine rings is 1. The fourth-order valence-corrected chi connectivity index (χ4v) is 5.55. The number of aromatic nitrogens is 1. The Balaban J connectivity index is 1.62. The number of amides is 2. The Labute approximate surface area is 212 Å². The molecule has 1 N–H and O–H groups in total. The van der Waals surface area contributed by atoms with Crippen LogP contribution in [0.4, 0.5) is 4.79 Å². The number of benzene rings is 1. The third-order valence-corrected chi connectivity index (χ3v) is 7.41. The monoisotopic (exact) mass is 501 g/mol. The van der Waals surface area contributed by atoms with Gasteiger partial charge >= 0.3 is 6.09 Å². The minimum atomic E-state index is -0.946. The van der Waals surface area contributed by atoms with Crippen molar-refractivity contribution in [2.24, 2.45) is 11.8 Å². The molecule has 1 aliphatic heterocycles. The summed E-state index contributed by atoms with van der Waals surface area (Å²) in [5.41, 5.74) is 0.865. The molecule has 2 heterocycles. The summed E-state index contributed by atoms with van der Waals surface area (Å²) >= 11 is 6.64. The van der Waals surface area contributed by atoms with E-state index in [1.165, 1.54) is 37.0 Å². The van der Waals surface area contributed by atoms with Gasteiger partial charge in [-0.2, -0.15) is 0 Å². The van der Waals surface area contributed by atoms with Crippen molar-refractivity contribution in [3.05, 3.63) is 35.0 Å². The van der Waals surface area contributed by atoms with E-state index in [0.29, 0.717) is 48.4 Å². The van der Waals surface area contributed by atoms with E-state index < -0.39 is 6.09 Å². The Morgan fingerprint density at radius 1 is 1.20 bits per heavy atom. The van der Waals surface area contributed by atoms with Crippen molar-refractivity contribution in [1.29, 1.82) is 0 Å². The molecule has 1 saturated heterocycles. The summed E-state index contributed by atoms with van der Waals surface area (Å²) in [4.78, 5) is 33.3. The molecule has 1 saturated carbocycles. The molecule has 2 aliphatic rings. The Kier molecular flexibility index (Phi) is 8.37. The molecule has 1 aromatic heterocycles. The van der Waals surface area contributed by atoms with Gasteiger partial charge in [-0.3, -0.25) is 4.79 Å². The molecule has 2 aromatic rings. The average molecular weight is 502 g/mol. The molecule has 2 fully saturated rings. The highest BCUT2D eigenvalue weighted by atomic mass is 35.5. The molecule has 7 nitrogen and oxygen atoms in total. The predicted molar refractivity (Wildman–Crippen MR) is 137 cm³/mol. The lowest BCUT2D eigenvalue weighted by atomic mass is 9.90. The Morgan fingerprint density at radius 3 is 2.69 bits per heavy atom. The van der Waals surface area contributed by atoms with Gasteiger partial charge in [0, 0.05) is 31.1 Å². The van der Waals surface area contributed by atoms with Crippen LogP contribution in [0.2, 0.25) is 5.02 Å². The first-order valence-corrected chi connectivity index (χ1v) is 13.2. The van der Waals surface area contributed by atoms with E-state index in [-0.39, 0.29) is 23.6 Å². The maximum absolute atomic E-state index is 13.8. The molecule has 2 amide bonds. The van der Waals surface area contributed by atoms with E-state index >= 15 is 0 Å². The summed E-state index contributed by atoms with van der Waals surface area (Å²) in [6.07, 6.45) is 6.70. The number of hydrogen-bond donors (Lipinski definition) is 1. The number of para-hydroxylation sites is 1. The van der Waals surface area contributed by atoms with Gasteiger partial charge < -0.3 is 19.6 Å². The molecule has 1 aliphatic carbocycles. The highest BCUT2D eigenvalue weighted by molar-refractivity contribution is 6.35. The van der Waals surface area contributed by atoms with Crippen LogP contribution in [0.5, 0.6) is 5.75 Å². The highest BCUT2D eigenvalue weighted by Gasteiger charge is 2.32. The fraction of sp³-hybridized carbons (Fsp3) is 0.593. The first-order chi connectivity index (χ1) is 16.8. The van der Waals surface area contributed by atoms with Crippen LogP contribution in [0.1, 0.15) is 69.3 Å². The van der Waals surface area contributed by atoms with Crippen molar-refractivity contribution in [3.8, 4) is 5.75 Å². The molecule has 8 heteroatoms. The van der Waals surface area contributed by atoms with E-state index in [9.17, 15) is 14.7 Å². The maximum Gasteiger partial charge on any atom is 0.407 e. The highest BCUT2D eigenvalue weighted by Crippen LogP contribution is 2.32. The lowest BCUT2D eigenvalue weighted by Gasteiger charge is -2.39. The Morgan fingerprint density at radius 2 is 1.97 bits per heavy atom. The van der Waals surface area contributed by atoms with Crippen LogP contribution in [-0.4, -0.2) is 64.2 Å². The van der Waals surface area contributed by atoms with Crippen LogP contribution in [-0.2, 0) is 0 Å². The Hall–Kier alpha value is -2.54. The van der Waals surface area contributed by atoms with Gasteiger partial charge in [-0.05, 0) is 49.7 Å². The van der Waals surface area contributed by atoms with Crippen molar-refractivity contribution in [1.82, 2.24) is 14.8 Å². The average Bonchev–Trinajstić information content (AvgIpc) is 2.86. The van der Waals surface area contributed by atoms with Gasteiger partial charge in [-0.25, -0.2) is 9.78 Å². The molecule has 0 unspecified atom stereocenters. The third kappa shape index (κ3) is 6.18. The molecule has 190 valence electrons. The van der Waals surface area contributed by atoms with Gasteiger partial charge in [0.15, 0.2) is 0 Å². The first kappa shape index (κ1) is 25.5. The fourth-order valence-electron chi connectivity index (χ4n) is 5.29. The second-order valence-corrected chi connectivity index (χ2v) is 10.7. The zero-order valence-corrected chi connectivity index (χ0v) is 21.5. The quantitative estimate of drug-likeness (QED) is 0.496. The molecular formula is C27H36ClN3O4. The SMILES string of the molecule is CC(C)CN(C(=O)c1cc(Cl)c2cccc(OCC3CCCCC3)c2n1)[C@@H]1CCCN(C(=O)O)C1. The van der Waals surface area contributed by atoms with Gasteiger partial charge in [-0.1, -0.05) is 56.8 Å². The van der Waals surface area contributed by atoms with E-state index in [4.69, 9.17) is 21.3 Å². The molecule has 1 aromatic carbocycles. The Bertz CT molecular complexity index is 1050. The van der Waals surface area contributed by atoms with Crippen LogP contribution in [0.3, 0.4) is 0 Å². The van der Waals surface area contributed by atoms with Gasteiger partial charge in [0.1, 0.15) is 17.0 Å². The van der Waals surface area contributed by atoms with Crippen LogP contribution in [0.25, 0.3) is 10.9 Å². The standard InChI is InChI=1S/C27H36ClN3O4/c1-18(2)15-31(20-10-7-13-30(16-20)27(33)34)26(32)23-14-22(28)21-11-6-12-24(25(21)29-23)35-17-19-8-4-3-5-9-19/h6,11-12,14,18-20H,3-5,7-10,13,15-17H2,1-2H3,(H,33,34)/t20-/m1/s1. The van der Waals surface area contributed by atoms with Gasteiger partial charge in [-0.15, -0.1) is 0 Å². The van der Waals surface area contributed by atoms with Crippen LogP contribution >= 0.6 is 11.6 Å². The number of halogens is 1. The first-order valence-electron chi connectivity index (χ1n) is 12.8. The molecule has 0 bridgehead atoms. The number of nitrogens with zero attached hydrogens (tertiary/aromatic N) is 3. The number of likely N-dealkylation sites (tertiary alicyclic amines) is 1. The van der Waals surface area contributed by atoms with Crippen molar-refractivity contribution < 1.29 is 19.4 Å². The molecular weight excluding hydrogens is 466 g/mol. The summed E-state index contributed by atoms with van der Waals surface area (Å²) in [7, 11) is 0. The van der Waals surface area contributed by atoms with E-state index in [1.807, 2.05) is 18.2 Å². The van der Waals surface area contributed by atoms with E-state index in [2.05, 4.69) is 13.8 Å². The summed E-state index contributed by atoms with van der Waals surface area (Å²) in [5.74, 6) is 1.20. The lowest BCUT2D eigenvalue weighted by molar-refractivity contribution is 0.0499. The zero-order chi connectivity index (χ0) is 24.9. The number of piperidine rings is 1. The van der Waals surface area contributed by atoms with Crippen molar-refractivity contribution >= 4 is 34.5 Å². The molecule has 0 spiro atoms. The topological polar surface area (TPSA) is 83.0 Å². The minimum Gasteiger partial charge on any atom is -0.491 e. The number of rotatable bonds is 7. The molecule has 0 radical (unpaired) electrons. The van der Waals surface area contributed by atoms with Crippen LogP contribution in [0.15, 0.2) is 24.3 Å². The van der Waals surface area contributed by atoms with E-state index in [0.717, 1.165) is 18.2 Å². The number of fused-ring (bicyclic) bond motifs is 1. The summed E-state index contributed by atoms with van der Waals surface area (Å²) in [6, 6.07) is 7.12. The largest absolute Gasteiger partial charge is 0.491 e. The number of ether oxygens (including phenoxy) is 1. The number of hydrogen-bond acceptors (Lipinski definition) is 4. The second-order valence-electron chi connectivity index (χ2n) is 10.3. The lowest BCUT2D eigenvalue weighted by Crippen LogP contribution is -2.52. The predicted octanol–water partition coefficient (Wildman–Crippen LogP) is 6.09. The normalized spacial score (nSPS) is 19.2. The third-order valence-electron chi connectivity index (χ3n) is 7.10. The van der Waals surface area contributed by atoms with Gasteiger partial charge in [0.25, 0.3) is 5.91 Å². The summed E-state index contributed by atoms with van der Waals surface area (Å²) in [6.45, 7) is 6.07. The number of carbonyl (C=O) groups excluding carboxylic acids is 1. The minimum absolute atomic E-state index is 0.191. The van der Waals surface area contributed by atoms with E-state index in [1.54, 1.807) is 11.0 Å². The molecule has 35 heavy (non-hydrogen) atoms. The number of carbonyl (C=O) groups is 2. The number of carboxylic acid groups (broad SMARTS) is 1. The van der Waals surface area contributed by atoms with Gasteiger partial charge in [0.05, 0.1) is 11.6 Å². The maximum atomic E-state index is 13.8. The summed E-state index contributed by atoms with van der Waals surface area (Å²) < 4.78 is 6.21. The van der Waals surface area contributed by atoms with Crippen molar-refractivity contribution in [2.75, 3.05) is 26.2 Å².